The summed E-state index contributed by atoms with van der Waals surface area (Å²) in [6.07, 6.45) is 4.43. The summed E-state index contributed by atoms with van der Waals surface area (Å²) in [7, 11) is 1.95. The van der Waals surface area contributed by atoms with Crippen LogP contribution in [0.25, 0.3) is 0 Å². The van der Waals surface area contributed by atoms with Gasteiger partial charge in [-0.15, -0.1) is 0 Å². The Morgan fingerprint density at radius 1 is 0.860 bits per heavy atom. The molecule has 3 heterocycles. The highest BCUT2D eigenvalue weighted by Gasteiger charge is 2.80. The number of likely N-dealkylation sites (N-methyl/N-ethyl adjacent to an activating group) is 1. The van der Waals surface area contributed by atoms with Crippen LogP contribution in [0.5, 0.6) is 5.75 Å². The average Bonchev–Trinajstić information content (AvgIpc) is 3.74. The number of nitrogens with zero attached hydrogens (tertiary/aromatic N) is 2. The molecule has 1 N–H and O–H groups in total. The zero-order valence-corrected chi connectivity index (χ0v) is 33.4. The third-order valence-corrected chi connectivity index (χ3v) is 17.8. The molecule has 4 aromatic rings. The fourth-order valence-corrected chi connectivity index (χ4v) is 15.4. The predicted molar refractivity (Wildman–Crippen MR) is 215 cm³/mol. The molecule has 0 radical (unpaired) electrons. The lowest BCUT2D eigenvalue weighted by atomic mass is 9.47. The number of halogens is 3. The number of ether oxygens (including phenoxy) is 3. The van der Waals surface area contributed by atoms with E-state index in [4.69, 9.17) is 14.2 Å². The highest BCUT2D eigenvalue weighted by Crippen LogP contribution is 2.67. The molecule has 2 fully saturated rings. The summed E-state index contributed by atoms with van der Waals surface area (Å²) >= 11 is 0. The van der Waals surface area contributed by atoms with Crippen LogP contribution in [0.1, 0.15) is 38.2 Å². The van der Waals surface area contributed by atoms with Gasteiger partial charge < -0.3 is 24.2 Å². The molecule has 0 amide bonds. The number of esters is 2. The summed E-state index contributed by atoms with van der Waals surface area (Å²) in [5.74, 6) is -2.13. The molecular formula is C45H47F3N2O6P+. The summed E-state index contributed by atoms with van der Waals surface area (Å²) < 4.78 is 60.6. The largest absolute Gasteiger partial charge is 0.497 e. The van der Waals surface area contributed by atoms with E-state index in [1.54, 1.807) is 43.5 Å². The number of anilines is 1. The van der Waals surface area contributed by atoms with Crippen LogP contribution in [-0.2, 0) is 24.5 Å². The zero-order chi connectivity index (χ0) is 40.3. The smallest absolute Gasteiger partial charge is 0.344 e. The molecule has 8 nitrogen and oxygen atoms in total. The van der Waals surface area contributed by atoms with E-state index in [2.05, 4.69) is 4.90 Å². The van der Waals surface area contributed by atoms with Gasteiger partial charge in [0.1, 0.15) is 46.4 Å². The number of methoxy groups -OCH3 is 2. The molecule has 1 saturated carbocycles. The first kappa shape index (κ1) is 39.1. The van der Waals surface area contributed by atoms with Gasteiger partial charge in [0.25, 0.3) is 0 Å². The van der Waals surface area contributed by atoms with Crippen LogP contribution in [0, 0.1) is 22.9 Å². The summed E-state index contributed by atoms with van der Waals surface area (Å²) in [5.41, 5.74) is -2.14. The van der Waals surface area contributed by atoms with Crippen molar-refractivity contribution < 1.29 is 42.1 Å². The number of fused-ring (bicyclic) bond motifs is 1. The number of aliphatic hydroxyl groups is 1. The highest BCUT2D eigenvalue weighted by molar-refractivity contribution is 7.95. The number of hydrogen-bond acceptors (Lipinski definition) is 8. The molecule has 57 heavy (non-hydrogen) atoms. The second kappa shape index (κ2) is 14.6. The van der Waals surface area contributed by atoms with Crippen LogP contribution >= 0.6 is 7.26 Å². The molecule has 1 aliphatic carbocycles. The zero-order valence-electron chi connectivity index (χ0n) is 32.5. The van der Waals surface area contributed by atoms with Gasteiger partial charge in [-0.1, -0.05) is 25.1 Å². The standard InChI is InChI=1S/C45H47F3N2O6P/c1-5-43-23-7-25-50-26-24-44(39(43)50)36-22-15-32(54-3)28-37(36)49(2)40(44)45(53,42(52)55-4)41(43)56-38(51)8-6-27-57(33-16-9-29(46)10-17-33,34-18-11-30(47)12-19-34)35-20-13-31(48)14-21-35/h7,9-23,28,39-41,53H,5-6,8,24-27H2,1-4H3/q+1/t39-,40+,41+,43+,44+,45-/m0/s1. The van der Waals surface area contributed by atoms with Crippen LogP contribution in [0.2, 0.25) is 0 Å². The Hall–Kier alpha value is -4.70. The Morgan fingerprint density at radius 3 is 1.96 bits per heavy atom. The van der Waals surface area contributed by atoms with E-state index in [0.29, 0.717) is 37.8 Å². The molecule has 0 bridgehead atoms. The second-order valence-electron chi connectivity index (χ2n) is 15.7. The first-order valence-corrected chi connectivity index (χ1v) is 21.4. The van der Waals surface area contributed by atoms with Gasteiger partial charge in [0, 0.05) is 48.6 Å². The van der Waals surface area contributed by atoms with E-state index < -0.39 is 65.2 Å². The van der Waals surface area contributed by atoms with Crippen molar-refractivity contribution in [3.63, 3.8) is 0 Å². The van der Waals surface area contributed by atoms with Gasteiger partial charge in [-0.2, -0.15) is 0 Å². The minimum absolute atomic E-state index is 0.0972. The van der Waals surface area contributed by atoms with Gasteiger partial charge in [0.05, 0.1) is 26.4 Å². The van der Waals surface area contributed by atoms with Gasteiger partial charge >= 0.3 is 11.9 Å². The molecule has 1 saturated heterocycles. The van der Waals surface area contributed by atoms with Crippen molar-refractivity contribution in [2.45, 2.75) is 61.8 Å². The molecule has 0 aromatic heterocycles. The molecule has 1 spiro atoms. The Labute approximate surface area is 331 Å². The van der Waals surface area contributed by atoms with Gasteiger partial charge in [-0.3, -0.25) is 9.69 Å². The minimum atomic E-state index is -2.74. The van der Waals surface area contributed by atoms with Crippen molar-refractivity contribution in [3.05, 3.63) is 126 Å². The Balaban J connectivity index is 1.18. The van der Waals surface area contributed by atoms with Crippen molar-refractivity contribution in [2.24, 2.45) is 5.41 Å². The molecule has 4 aromatic carbocycles. The van der Waals surface area contributed by atoms with Crippen molar-refractivity contribution >= 4 is 40.8 Å². The summed E-state index contributed by atoms with van der Waals surface area (Å²) in [4.78, 5) is 33.1. The van der Waals surface area contributed by atoms with E-state index in [-0.39, 0.29) is 18.9 Å². The van der Waals surface area contributed by atoms with Gasteiger partial charge in [-0.25, -0.2) is 18.0 Å². The number of carbonyl (C=O) groups excluding carboxylic acids is 2. The Kier molecular flexibility index (Phi) is 10.0. The molecule has 6 atom stereocenters. The van der Waals surface area contributed by atoms with E-state index in [9.17, 15) is 27.9 Å². The summed E-state index contributed by atoms with van der Waals surface area (Å²) in [5, 5.41) is 15.6. The maximum Gasteiger partial charge on any atom is 0.344 e. The van der Waals surface area contributed by atoms with Crippen LogP contribution in [0.4, 0.5) is 18.9 Å². The topological polar surface area (TPSA) is 88.5 Å². The lowest BCUT2D eigenvalue weighted by molar-refractivity contribution is -0.229. The Bertz CT molecular complexity index is 2090. The second-order valence-corrected chi connectivity index (χ2v) is 19.3. The van der Waals surface area contributed by atoms with Crippen LogP contribution in [-0.4, -0.2) is 86.3 Å². The predicted octanol–water partition coefficient (Wildman–Crippen LogP) is 5.81. The highest BCUT2D eigenvalue weighted by atomic mass is 31.2. The lowest BCUT2D eigenvalue weighted by Crippen LogP contribution is -2.81. The third kappa shape index (κ3) is 5.75. The van der Waals surface area contributed by atoms with Gasteiger partial charge in [0.15, 0.2) is 6.10 Å². The fraction of sp³-hybridized carbons (Fsp3) is 0.378. The van der Waals surface area contributed by atoms with Crippen molar-refractivity contribution in [2.75, 3.05) is 45.4 Å². The maximum absolute atomic E-state index is 14.4. The maximum atomic E-state index is 14.4. The Morgan fingerprint density at radius 2 is 1.44 bits per heavy atom. The first-order valence-electron chi connectivity index (χ1n) is 19.4. The molecule has 8 rings (SSSR count). The normalized spacial score (nSPS) is 27.4. The van der Waals surface area contributed by atoms with E-state index in [0.717, 1.165) is 27.2 Å². The van der Waals surface area contributed by atoms with E-state index in [1.165, 1.54) is 43.5 Å². The van der Waals surface area contributed by atoms with Crippen molar-refractivity contribution in [1.29, 1.82) is 0 Å². The van der Waals surface area contributed by atoms with Crippen molar-refractivity contribution in [3.8, 4) is 5.75 Å². The third-order valence-electron chi connectivity index (χ3n) is 13.3. The summed E-state index contributed by atoms with van der Waals surface area (Å²) in [6.45, 7) is 3.39. The van der Waals surface area contributed by atoms with E-state index >= 15 is 0 Å². The molecular weight excluding hydrogens is 752 g/mol. The monoisotopic (exact) mass is 799 g/mol. The van der Waals surface area contributed by atoms with Crippen LogP contribution in [0.3, 0.4) is 0 Å². The summed E-state index contributed by atoms with van der Waals surface area (Å²) in [6, 6.07) is 23.2. The van der Waals surface area contributed by atoms with Gasteiger partial charge in [0.2, 0.25) is 5.60 Å². The minimum Gasteiger partial charge on any atom is -0.497 e. The van der Waals surface area contributed by atoms with Crippen molar-refractivity contribution in [1.82, 2.24) is 4.90 Å². The van der Waals surface area contributed by atoms with Crippen LogP contribution in [0.15, 0.2) is 103 Å². The average molecular weight is 800 g/mol. The number of hydrogen-bond donors (Lipinski definition) is 1. The van der Waals surface area contributed by atoms with Crippen LogP contribution < -0.4 is 25.6 Å². The van der Waals surface area contributed by atoms with Gasteiger partial charge in [-0.05, 0) is 110 Å². The molecule has 12 heteroatoms. The number of carbonyl (C=O) groups is 2. The number of rotatable bonds is 11. The quantitative estimate of drug-likeness (QED) is 0.116. The van der Waals surface area contributed by atoms with E-state index in [1.807, 2.05) is 49.2 Å². The molecule has 0 unspecified atom stereocenters. The molecule has 4 aliphatic rings. The molecule has 3 aliphatic heterocycles. The first-order chi connectivity index (χ1) is 27.4. The lowest BCUT2D eigenvalue weighted by Gasteiger charge is -2.63. The molecule has 298 valence electrons. The number of benzene rings is 4. The SMILES string of the molecule is CC[C@]12C=CCN3CC[C@@]4(c5ccc(OC)cc5N(C)[C@H]4[C@@](O)(C(=O)OC)[C@@H]1OC(=O)CCC[P+](c1ccc(F)cc1)(c1ccc(F)cc1)c1ccc(F)cc1)[C@@H]32. The fourth-order valence-electron chi connectivity index (χ4n) is 11.1.